The second-order valence-electron chi connectivity index (χ2n) is 6.58. The standard InChI is InChI=1S/C22H23NO4/c1-4-26-22(25)17-7-5-16(6-8-17)14-23-12-11-18-13-19(27-15(2)3)9-10-20(18)21(23)24/h5-13,15H,4,14H2,1-3H3. The van der Waals surface area contributed by atoms with E-state index in [1.807, 2.05) is 44.2 Å². The maximum absolute atomic E-state index is 12.8. The number of benzene rings is 2. The minimum absolute atomic E-state index is 0.0573. The second-order valence-corrected chi connectivity index (χ2v) is 6.58. The van der Waals surface area contributed by atoms with Crippen LogP contribution in [0.4, 0.5) is 0 Å². The number of esters is 1. The Kier molecular flexibility index (Phi) is 5.60. The number of pyridine rings is 1. The minimum atomic E-state index is -0.341. The molecule has 0 saturated heterocycles. The zero-order valence-corrected chi connectivity index (χ0v) is 15.8. The van der Waals surface area contributed by atoms with Crippen molar-refractivity contribution in [2.75, 3.05) is 6.61 Å². The molecular weight excluding hydrogens is 342 g/mol. The van der Waals surface area contributed by atoms with Crippen LogP contribution in [0.5, 0.6) is 5.75 Å². The van der Waals surface area contributed by atoms with Crippen LogP contribution < -0.4 is 10.3 Å². The summed E-state index contributed by atoms with van der Waals surface area (Å²) in [6.45, 7) is 6.49. The Bertz CT molecular complexity index is 1000. The van der Waals surface area contributed by atoms with Crippen molar-refractivity contribution in [1.29, 1.82) is 0 Å². The van der Waals surface area contributed by atoms with E-state index < -0.39 is 0 Å². The summed E-state index contributed by atoms with van der Waals surface area (Å²) in [5, 5.41) is 1.50. The van der Waals surface area contributed by atoms with E-state index in [1.54, 1.807) is 35.9 Å². The summed E-state index contributed by atoms with van der Waals surface area (Å²) in [6, 6.07) is 14.5. The number of carbonyl (C=O) groups is 1. The lowest BCUT2D eigenvalue weighted by molar-refractivity contribution is 0.0526. The highest BCUT2D eigenvalue weighted by molar-refractivity contribution is 5.89. The second kappa shape index (κ2) is 8.08. The highest BCUT2D eigenvalue weighted by Crippen LogP contribution is 2.19. The summed E-state index contributed by atoms with van der Waals surface area (Å²) >= 11 is 0. The first kappa shape index (κ1) is 18.7. The Morgan fingerprint density at radius 2 is 1.81 bits per heavy atom. The molecule has 0 aliphatic heterocycles. The number of fused-ring (bicyclic) bond motifs is 1. The van der Waals surface area contributed by atoms with Gasteiger partial charge in [-0.25, -0.2) is 4.79 Å². The molecule has 1 aromatic heterocycles. The SMILES string of the molecule is CCOC(=O)c1ccc(Cn2ccc3cc(OC(C)C)ccc3c2=O)cc1. The van der Waals surface area contributed by atoms with E-state index >= 15 is 0 Å². The smallest absolute Gasteiger partial charge is 0.338 e. The van der Waals surface area contributed by atoms with E-state index in [1.165, 1.54) is 0 Å². The molecule has 5 heteroatoms. The Hall–Kier alpha value is -3.08. The van der Waals surface area contributed by atoms with Gasteiger partial charge in [0.2, 0.25) is 0 Å². The van der Waals surface area contributed by atoms with E-state index in [0.29, 0.717) is 24.1 Å². The molecule has 5 nitrogen and oxygen atoms in total. The lowest BCUT2D eigenvalue weighted by atomic mass is 10.1. The number of aromatic nitrogens is 1. The van der Waals surface area contributed by atoms with Crippen molar-refractivity contribution >= 4 is 16.7 Å². The Morgan fingerprint density at radius 1 is 1.07 bits per heavy atom. The summed E-state index contributed by atoms with van der Waals surface area (Å²) in [6.07, 6.45) is 1.86. The van der Waals surface area contributed by atoms with Crippen molar-refractivity contribution in [1.82, 2.24) is 4.57 Å². The third kappa shape index (κ3) is 4.37. The molecule has 0 N–H and O–H groups in total. The normalized spacial score (nSPS) is 11.0. The number of nitrogens with zero attached hydrogens (tertiary/aromatic N) is 1. The highest BCUT2D eigenvalue weighted by Gasteiger charge is 2.08. The molecule has 0 saturated carbocycles. The van der Waals surface area contributed by atoms with Crippen LogP contribution >= 0.6 is 0 Å². The number of ether oxygens (including phenoxy) is 2. The number of hydrogen-bond donors (Lipinski definition) is 0. The van der Waals surface area contributed by atoms with E-state index in [-0.39, 0.29) is 17.6 Å². The van der Waals surface area contributed by atoms with Crippen LogP contribution in [0.25, 0.3) is 10.8 Å². The third-order valence-corrected chi connectivity index (χ3v) is 4.14. The monoisotopic (exact) mass is 365 g/mol. The molecule has 27 heavy (non-hydrogen) atoms. The quantitative estimate of drug-likeness (QED) is 0.619. The van der Waals surface area contributed by atoms with Gasteiger partial charge in [0.05, 0.1) is 24.8 Å². The van der Waals surface area contributed by atoms with Gasteiger partial charge in [-0.2, -0.15) is 0 Å². The van der Waals surface area contributed by atoms with E-state index in [2.05, 4.69) is 0 Å². The first-order valence-electron chi connectivity index (χ1n) is 9.04. The largest absolute Gasteiger partial charge is 0.491 e. The topological polar surface area (TPSA) is 57.5 Å². The highest BCUT2D eigenvalue weighted by atomic mass is 16.5. The lowest BCUT2D eigenvalue weighted by Crippen LogP contribution is -2.20. The number of carbonyl (C=O) groups excluding carboxylic acids is 1. The average Bonchev–Trinajstić information content (AvgIpc) is 2.64. The van der Waals surface area contributed by atoms with Gasteiger partial charge in [-0.15, -0.1) is 0 Å². The molecule has 0 radical (unpaired) electrons. The van der Waals surface area contributed by atoms with Crippen LogP contribution in [0.3, 0.4) is 0 Å². The molecule has 3 aromatic rings. The predicted octanol–water partition coefficient (Wildman–Crippen LogP) is 4.01. The van der Waals surface area contributed by atoms with Gasteiger partial charge in [-0.05, 0) is 68.1 Å². The zero-order chi connectivity index (χ0) is 19.4. The van der Waals surface area contributed by atoms with Gasteiger partial charge in [0.1, 0.15) is 5.75 Å². The fraction of sp³-hybridized carbons (Fsp3) is 0.273. The van der Waals surface area contributed by atoms with E-state index in [0.717, 1.165) is 16.7 Å². The first-order valence-corrected chi connectivity index (χ1v) is 9.04. The van der Waals surface area contributed by atoms with Crippen LogP contribution in [-0.2, 0) is 11.3 Å². The molecule has 1 heterocycles. The predicted molar refractivity (Wildman–Crippen MR) is 105 cm³/mol. The minimum Gasteiger partial charge on any atom is -0.491 e. The van der Waals surface area contributed by atoms with Gasteiger partial charge >= 0.3 is 5.97 Å². The van der Waals surface area contributed by atoms with E-state index in [4.69, 9.17) is 9.47 Å². The third-order valence-electron chi connectivity index (χ3n) is 4.14. The molecule has 2 aromatic carbocycles. The Labute approximate surface area is 158 Å². The maximum Gasteiger partial charge on any atom is 0.338 e. The summed E-state index contributed by atoms with van der Waals surface area (Å²) < 4.78 is 12.3. The van der Waals surface area contributed by atoms with E-state index in [9.17, 15) is 9.59 Å². The molecule has 3 rings (SSSR count). The van der Waals surface area contributed by atoms with Gasteiger partial charge in [0.25, 0.3) is 5.56 Å². The maximum atomic E-state index is 12.8. The molecule has 140 valence electrons. The van der Waals surface area contributed by atoms with Gasteiger partial charge < -0.3 is 14.0 Å². The van der Waals surface area contributed by atoms with Gasteiger partial charge in [0.15, 0.2) is 0 Å². The molecule has 0 aliphatic rings. The van der Waals surface area contributed by atoms with Crippen molar-refractivity contribution in [3.63, 3.8) is 0 Å². The molecule has 0 spiro atoms. The lowest BCUT2D eigenvalue weighted by Gasteiger charge is -2.11. The number of hydrogen-bond acceptors (Lipinski definition) is 4. The molecule has 0 aliphatic carbocycles. The molecule has 0 bridgehead atoms. The fourth-order valence-electron chi connectivity index (χ4n) is 2.89. The fourth-order valence-corrected chi connectivity index (χ4v) is 2.89. The van der Waals surface area contributed by atoms with Crippen molar-refractivity contribution in [3.8, 4) is 5.75 Å². The Balaban J connectivity index is 1.84. The zero-order valence-electron chi connectivity index (χ0n) is 15.8. The van der Waals surface area contributed by atoms with Crippen molar-refractivity contribution in [3.05, 3.63) is 76.2 Å². The number of rotatable bonds is 6. The summed E-state index contributed by atoms with van der Waals surface area (Å²) in [7, 11) is 0. The van der Waals surface area contributed by atoms with Gasteiger partial charge in [-0.1, -0.05) is 12.1 Å². The molecular formula is C22H23NO4. The first-order chi connectivity index (χ1) is 13.0. The summed E-state index contributed by atoms with van der Waals surface area (Å²) in [5.41, 5.74) is 1.38. The van der Waals surface area contributed by atoms with Crippen LogP contribution in [-0.4, -0.2) is 23.2 Å². The molecule has 0 unspecified atom stereocenters. The van der Waals surface area contributed by atoms with Gasteiger partial charge in [-0.3, -0.25) is 4.79 Å². The molecule has 0 atom stereocenters. The molecule has 0 amide bonds. The van der Waals surface area contributed by atoms with Crippen molar-refractivity contribution < 1.29 is 14.3 Å². The van der Waals surface area contributed by atoms with Crippen LogP contribution in [0.15, 0.2) is 59.5 Å². The molecule has 0 fully saturated rings. The average molecular weight is 365 g/mol. The van der Waals surface area contributed by atoms with Crippen molar-refractivity contribution in [2.45, 2.75) is 33.4 Å². The summed E-state index contributed by atoms with van der Waals surface area (Å²) in [4.78, 5) is 24.5. The summed E-state index contributed by atoms with van der Waals surface area (Å²) in [5.74, 6) is 0.413. The van der Waals surface area contributed by atoms with Gasteiger partial charge in [0, 0.05) is 11.6 Å². The van der Waals surface area contributed by atoms with Crippen molar-refractivity contribution in [2.24, 2.45) is 0 Å². The van der Waals surface area contributed by atoms with Crippen LogP contribution in [0, 0.1) is 0 Å². The van der Waals surface area contributed by atoms with Crippen LogP contribution in [0.1, 0.15) is 36.7 Å². The van der Waals surface area contributed by atoms with Crippen LogP contribution in [0.2, 0.25) is 0 Å². The Morgan fingerprint density at radius 3 is 2.48 bits per heavy atom.